The second kappa shape index (κ2) is 9.04. The zero-order valence-corrected chi connectivity index (χ0v) is 18.7. The average molecular weight is 501 g/mol. The lowest BCUT2D eigenvalue weighted by Crippen LogP contribution is -2.23. The van der Waals surface area contributed by atoms with Crippen LogP contribution in [0.5, 0.6) is 0 Å². The Hall–Kier alpha value is -2.61. The SMILES string of the molecule is O=C(CSc1nc2ccccc2c(=O)n1-c1ccc(Cl)cc1)Nc1cccc(Br)c1. The summed E-state index contributed by atoms with van der Waals surface area (Å²) in [6.07, 6.45) is 0. The first-order valence-corrected chi connectivity index (χ1v) is 11.1. The topological polar surface area (TPSA) is 64.0 Å². The summed E-state index contributed by atoms with van der Waals surface area (Å²) in [7, 11) is 0. The predicted octanol–water partition coefficient (Wildman–Crippen LogP) is 5.53. The van der Waals surface area contributed by atoms with E-state index in [2.05, 4.69) is 26.2 Å². The molecule has 1 amide bonds. The Morgan fingerprint density at radius 1 is 1.07 bits per heavy atom. The summed E-state index contributed by atoms with van der Waals surface area (Å²) >= 11 is 10.6. The van der Waals surface area contributed by atoms with Crippen molar-refractivity contribution in [1.29, 1.82) is 0 Å². The molecule has 3 aromatic carbocycles. The number of nitrogens with zero attached hydrogens (tertiary/aromatic N) is 2. The Bertz CT molecular complexity index is 1290. The lowest BCUT2D eigenvalue weighted by atomic mass is 10.2. The van der Waals surface area contributed by atoms with E-state index in [0.717, 1.165) is 4.47 Å². The van der Waals surface area contributed by atoms with Crippen molar-refractivity contribution in [2.45, 2.75) is 5.16 Å². The smallest absolute Gasteiger partial charge is 0.266 e. The van der Waals surface area contributed by atoms with Gasteiger partial charge in [-0.1, -0.05) is 57.5 Å². The fourth-order valence-corrected chi connectivity index (χ4v) is 4.26. The maximum atomic E-state index is 13.2. The lowest BCUT2D eigenvalue weighted by Gasteiger charge is -2.13. The molecule has 0 bridgehead atoms. The first kappa shape index (κ1) is 20.7. The molecule has 1 heterocycles. The highest BCUT2D eigenvalue weighted by atomic mass is 79.9. The van der Waals surface area contributed by atoms with Crippen molar-refractivity contribution < 1.29 is 4.79 Å². The number of carbonyl (C=O) groups is 1. The minimum Gasteiger partial charge on any atom is -0.325 e. The van der Waals surface area contributed by atoms with Gasteiger partial charge in [-0.3, -0.25) is 14.2 Å². The molecule has 5 nitrogen and oxygen atoms in total. The summed E-state index contributed by atoms with van der Waals surface area (Å²) in [6, 6.07) is 21.5. The van der Waals surface area contributed by atoms with Gasteiger partial charge < -0.3 is 5.32 Å². The number of rotatable bonds is 5. The van der Waals surface area contributed by atoms with E-state index in [1.807, 2.05) is 30.3 Å². The molecule has 0 atom stereocenters. The number of para-hydroxylation sites is 1. The maximum absolute atomic E-state index is 13.2. The molecule has 0 spiro atoms. The van der Waals surface area contributed by atoms with Crippen molar-refractivity contribution in [3.63, 3.8) is 0 Å². The third-order valence-electron chi connectivity index (χ3n) is 4.27. The summed E-state index contributed by atoms with van der Waals surface area (Å²) in [5.74, 6) is -0.0894. The van der Waals surface area contributed by atoms with Crippen molar-refractivity contribution in [1.82, 2.24) is 9.55 Å². The molecule has 30 heavy (non-hydrogen) atoms. The third kappa shape index (κ3) is 4.59. The average Bonchev–Trinajstić information content (AvgIpc) is 2.73. The number of amides is 1. The van der Waals surface area contributed by atoms with Crippen LogP contribution in [-0.4, -0.2) is 21.2 Å². The highest BCUT2D eigenvalue weighted by Crippen LogP contribution is 2.23. The number of anilines is 1. The maximum Gasteiger partial charge on any atom is 0.266 e. The predicted molar refractivity (Wildman–Crippen MR) is 126 cm³/mol. The van der Waals surface area contributed by atoms with E-state index < -0.39 is 0 Å². The number of fused-ring (bicyclic) bond motifs is 1. The Labute approximate surface area is 190 Å². The van der Waals surface area contributed by atoms with E-state index in [1.54, 1.807) is 42.5 Å². The molecule has 0 radical (unpaired) electrons. The molecule has 0 aliphatic rings. The molecule has 150 valence electrons. The van der Waals surface area contributed by atoms with E-state index in [9.17, 15) is 9.59 Å². The first-order chi connectivity index (χ1) is 14.5. The Morgan fingerprint density at radius 3 is 2.60 bits per heavy atom. The van der Waals surface area contributed by atoms with Gasteiger partial charge in [-0.15, -0.1) is 0 Å². The summed E-state index contributed by atoms with van der Waals surface area (Å²) in [5.41, 5.74) is 1.72. The minimum atomic E-state index is -0.196. The number of aromatic nitrogens is 2. The van der Waals surface area contributed by atoms with E-state index in [0.29, 0.717) is 32.5 Å². The molecular formula is C22H15BrClN3O2S. The summed E-state index contributed by atoms with van der Waals surface area (Å²) < 4.78 is 2.39. The van der Waals surface area contributed by atoms with Crippen molar-refractivity contribution in [2.24, 2.45) is 0 Å². The fourth-order valence-electron chi connectivity index (χ4n) is 2.92. The molecule has 0 unspecified atom stereocenters. The zero-order chi connectivity index (χ0) is 21.1. The van der Waals surface area contributed by atoms with Gasteiger partial charge in [0.2, 0.25) is 5.91 Å². The summed E-state index contributed by atoms with van der Waals surface area (Å²) in [6.45, 7) is 0. The van der Waals surface area contributed by atoms with E-state index >= 15 is 0 Å². The van der Waals surface area contributed by atoms with Crippen LogP contribution in [0.3, 0.4) is 0 Å². The number of benzene rings is 3. The monoisotopic (exact) mass is 499 g/mol. The van der Waals surface area contributed by atoms with Gasteiger partial charge in [-0.2, -0.15) is 0 Å². The number of carbonyl (C=O) groups excluding carboxylic acids is 1. The Kier molecular flexibility index (Phi) is 6.22. The second-order valence-corrected chi connectivity index (χ2v) is 8.67. The highest BCUT2D eigenvalue weighted by Gasteiger charge is 2.15. The van der Waals surface area contributed by atoms with Crippen molar-refractivity contribution in [3.05, 3.63) is 92.6 Å². The van der Waals surface area contributed by atoms with Crippen LogP contribution in [0.4, 0.5) is 5.69 Å². The van der Waals surface area contributed by atoms with Crippen LogP contribution in [0.2, 0.25) is 5.02 Å². The standard InChI is InChI=1S/C22H15BrClN3O2S/c23-14-4-3-5-16(12-14)25-20(28)13-30-22-26-19-7-2-1-6-18(19)21(29)27(22)17-10-8-15(24)9-11-17/h1-12H,13H2,(H,25,28). The summed E-state index contributed by atoms with van der Waals surface area (Å²) in [4.78, 5) is 30.3. The van der Waals surface area contributed by atoms with Gasteiger partial charge in [0.1, 0.15) is 0 Å². The quantitative estimate of drug-likeness (QED) is 0.289. The van der Waals surface area contributed by atoms with Gasteiger partial charge in [-0.05, 0) is 54.6 Å². The van der Waals surface area contributed by atoms with Crippen molar-refractivity contribution in [3.8, 4) is 5.69 Å². The van der Waals surface area contributed by atoms with E-state index in [4.69, 9.17) is 11.6 Å². The van der Waals surface area contributed by atoms with E-state index in [1.165, 1.54) is 16.3 Å². The highest BCUT2D eigenvalue weighted by molar-refractivity contribution is 9.10. The molecule has 0 saturated heterocycles. The first-order valence-electron chi connectivity index (χ1n) is 8.97. The molecule has 0 saturated carbocycles. The third-order valence-corrected chi connectivity index (χ3v) is 5.95. The largest absolute Gasteiger partial charge is 0.325 e. The molecular weight excluding hydrogens is 486 g/mol. The normalized spacial score (nSPS) is 10.9. The molecule has 4 aromatic rings. The Morgan fingerprint density at radius 2 is 1.83 bits per heavy atom. The van der Waals surface area contributed by atoms with Crippen LogP contribution in [0.1, 0.15) is 0 Å². The molecule has 0 aliphatic carbocycles. The molecule has 8 heteroatoms. The van der Waals surface area contributed by atoms with Crippen molar-refractivity contribution >= 4 is 61.8 Å². The second-order valence-electron chi connectivity index (χ2n) is 6.38. The number of hydrogen-bond acceptors (Lipinski definition) is 4. The van der Waals surface area contributed by atoms with Gasteiger partial charge in [0, 0.05) is 15.2 Å². The molecule has 1 N–H and O–H groups in total. The lowest BCUT2D eigenvalue weighted by molar-refractivity contribution is -0.113. The number of nitrogens with one attached hydrogen (secondary N) is 1. The Balaban J connectivity index is 1.67. The number of hydrogen-bond donors (Lipinski definition) is 1. The summed E-state index contributed by atoms with van der Waals surface area (Å²) in [5, 5.41) is 4.37. The van der Waals surface area contributed by atoms with Crippen LogP contribution in [-0.2, 0) is 4.79 Å². The van der Waals surface area contributed by atoms with Gasteiger partial charge in [0.15, 0.2) is 5.16 Å². The number of halogens is 2. The van der Waals surface area contributed by atoms with Crippen LogP contribution in [0.25, 0.3) is 16.6 Å². The van der Waals surface area contributed by atoms with Crippen LogP contribution in [0, 0.1) is 0 Å². The van der Waals surface area contributed by atoms with Gasteiger partial charge in [-0.25, -0.2) is 4.98 Å². The minimum absolute atomic E-state index is 0.102. The fraction of sp³-hybridized carbons (Fsp3) is 0.0455. The van der Waals surface area contributed by atoms with Gasteiger partial charge >= 0.3 is 0 Å². The van der Waals surface area contributed by atoms with Gasteiger partial charge in [0.05, 0.1) is 22.3 Å². The van der Waals surface area contributed by atoms with Gasteiger partial charge in [0.25, 0.3) is 5.56 Å². The number of thioether (sulfide) groups is 1. The zero-order valence-electron chi connectivity index (χ0n) is 15.5. The van der Waals surface area contributed by atoms with E-state index in [-0.39, 0.29) is 17.2 Å². The molecule has 0 aliphatic heterocycles. The molecule has 1 aromatic heterocycles. The molecule has 0 fully saturated rings. The van der Waals surface area contributed by atoms with Crippen LogP contribution < -0.4 is 10.9 Å². The van der Waals surface area contributed by atoms with Crippen molar-refractivity contribution in [2.75, 3.05) is 11.1 Å². The molecule has 4 rings (SSSR count). The van der Waals surface area contributed by atoms with Crippen LogP contribution in [0.15, 0.2) is 87.2 Å². The van der Waals surface area contributed by atoms with Crippen LogP contribution >= 0.6 is 39.3 Å².